The van der Waals surface area contributed by atoms with Crippen LogP contribution < -0.4 is 5.32 Å². The first kappa shape index (κ1) is 15.6. The van der Waals surface area contributed by atoms with Gasteiger partial charge in [-0.3, -0.25) is 0 Å². The van der Waals surface area contributed by atoms with Crippen LogP contribution in [0, 0.1) is 6.92 Å². The van der Waals surface area contributed by atoms with E-state index in [1.54, 1.807) is 12.1 Å². The molecule has 0 aromatic heterocycles. The fourth-order valence-electron chi connectivity index (χ4n) is 2.24. The Kier molecular flexibility index (Phi) is 5.02. The van der Waals surface area contributed by atoms with Gasteiger partial charge in [0.15, 0.2) is 0 Å². The molecule has 0 radical (unpaired) electrons. The summed E-state index contributed by atoms with van der Waals surface area (Å²) >= 11 is 3.48. The summed E-state index contributed by atoms with van der Waals surface area (Å²) in [6, 6.07) is 13.4. The van der Waals surface area contributed by atoms with Crippen LogP contribution in [-0.2, 0) is 0 Å². The van der Waals surface area contributed by atoms with Gasteiger partial charge in [-0.1, -0.05) is 41.1 Å². The first-order valence-corrected chi connectivity index (χ1v) is 7.66. The summed E-state index contributed by atoms with van der Waals surface area (Å²) in [6.07, 6.45) is 0.910. The van der Waals surface area contributed by atoms with Gasteiger partial charge in [-0.05, 0) is 48.7 Å². The van der Waals surface area contributed by atoms with Crippen LogP contribution in [0.2, 0.25) is 0 Å². The van der Waals surface area contributed by atoms with Gasteiger partial charge >= 0.3 is 5.97 Å². The summed E-state index contributed by atoms with van der Waals surface area (Å²) in [6.45, 7) is 4.08. The number of carboxylic acids is 1. The van der Waals surface area contributed by atoms with E-state index in [4.69, 9.17) is 5.11 Å². The average Bonchev–Trinajstić information content (AvgIpc) is 2.46. The molecule has 1 unspecified atom stereocenters. The Labute approximate surface area is 133 Å². The summed E-state index contributed by atoms with van der Waals surface area (Å²) in [5.41, 5.74) is 3.37. The van der Waals surface area contributed by atoms with Crippen molar-refractivity contribution in [3.63, 3.8) is 0 Å². The van der Waals surface area contributed by atoms with Crippen molar-refractivity contribution in [3.05, 3.63) is 63.6 Å². The molecule has 0 amide bonds. The molecule has 2 N–H and O–H groups in total. The number of aromatic carboxylic acids is 1. The minimum absolute atomic E-state index is 0.144. The lowest BCUT2D eigenvalue weighted by Crippen LogP contribution is -2.11. The molecule has 2 rings (SSSR count). The average molecular weight is 348 g/mol. The molecule has 0 bridgehead atoms. The van der Waals surface area contributed by atoms with Crippen LogP contribution in [0.5, 0.6) is 0 Å². The van der Waals surface area contributed by atoms with Crippen molar-refractivity contribution in [2.75, 3.05) is 5.32 Å². The first-order valence-electron chi connectivity index (χ1n) is 6.87. The van der Waals surface area contributed by atoms with E-state index in [-0.39, 0.29) is 6.04 Å². The molecule has 0 saturated heterocycles. The predicted octanol–water partition coefficient (Wildman–Crippen LogP) is 5.02. The van der Waals surface area contributed by atoms with Crippen molar-refractivity contribution in [2.45, 2.75) is 26.3 Å². The molecular weight excluding hydrogens is 330 g/mol. The molecule has 0 aliphatic carbocycles. The van der Waals surface area contributed by atoms with Crippen molar-refractivity contribution in [2.24, 2.45) is 0 Å². The molecule has 2 aromatic rings. The molecule has 0 aliphatic rings. The van der Waals surface area contributed by atoms with Gasteiger partial charge in [0.25, 0.3) is 0 Å². The Morgan fingerprint density at radius 1 is 1.29 bits per heavy atom. The molecule has 0 saturated carbocycles. The van der Waals surface area contributed by atoms with Crippen LogP contribution in [0.15, 0.2) is 46.9 Å². The third-order valence-corrected chi connectivity index (χ3v) is 3.97. The number of carbonyl (C=O) groups is 1. The maximum atomic E-state index is 11.1. The van der Waals surface area contributed by atoms with E-state index in [0.717, 1.165) is 22.1 Å². The number of benzene rings is 2. The minimum Gasteiger partial charge on any atom is -0.478 e. The molecule has 0 spiro atoms. The monoisotopic (exact) mass is 347 g/mol. The van der Waals surface area contributed by atoms with Crippen LogP contribution in [-0.4, -0.2) is 11.1 Å². The highest BCUT2D eigenvalue weighted by molar-refractivity contribution is 9.10. The number of anilines is 1. The molecular formula is C17H18BrNO2. The Morgan fingerprint density at radius 2 is 2.05 bits per heavy atom. The lowest BCUT2D eigenvalue weighted by Gasteiger charge is -2.21. The topological polar surface area (TPSA) is 49.3 Å². The lowest BCUT2D eigenvalue weighted by molar-refractivity contribution is 0.0697. The van der Waals surface area contributed by atoms with Gasteiger partial charge in [0, 0.05) is 10.2 Å². The number of hydrogen-bond acceptors (Lipinski definition) is 2. The molecule has 4 heteroatoms. The summed E-state index contributed by atoms with van der Waals surface area (Å²) in [5, 5.41) is 12.6. The molecule has 21 heavy (non-hydrogen) atoms. The van der Waals surface area contributed by atoms with E-state index < -0.39 is 5.97 Å². The van der Waals surface area contributed by atoms with Crippen molar-refractivity contribution in [1.82, 2.24) is 0 Å². The smallest absolute Gasteiger partial charge is 0.335 e. The van der Waals surface area contributed by atoms with Crippen LogP contribution >= 0.6 is 15.9 Å². The zero-order valence-corrected chi connectivity index (χ0v) is 13.6. The van der Waals surface area contributed by atoms with Gasteiger partial charge in [0.2, 0.25) is 0 Å². The van der Waals surface area contributed by atoms with Gasteiger partial charge < -0.3 is 10.4 Å². The second-order valence-corrected chi connectivity index (χ2v) is 5.91. The van der Waals surface area contributed by atoms with Crippen LogP contribution in [0.3, 0.4) is 0 Å². The van der Waals surface area contributed by atoms with Crippen molar-refractivity contribution < 1.29 is 9.90 Å². The molecule has 3 nitrogen and oxygen atoms in total. The quantitative estimate of drug-likeness (QED) is 0.798. The number of halogens is 1. The summed E-state index contributed by atoms with van der Waals surface area (Å²) in [4.78, 5) is 11.1. The zero-order chi connectivity index (χ0) is 15.4. The predicted molar refractivity (Wildman–Crippen MR) is 88.9 cm³/mol. The van der Waals surface area contributed by atoms with E-state index in [0.29, 0.717) is 5.56 Å². The van der Waals surface area contributed by atoms with Gasteiger partial charge in [-0.2, -0.15) is 0 Å². The van der Waals surface area contributed by atoms with Crippen LogP contribution in [0.1, 0.15) is 40.9 Å². The second-order valence-electron chi connectivity index (χ2n) is 5.00. The molecule has 0 fully saturated rings. The fourth-order valence-corrected chi connectivity index (χ4v) is 2.66. The summed E-state index contributed by atoms with van der Waals surface area (Å²) in [5.74, 6) is -0.909. The largest absolute Gasteiger partial charge is 0.478 e. The Morgan fingerprint density at radius 3 is 2.67 bits per heavy atom. The highest BCUT2D eigenvalue weighted by Crippen LogP contribution is 2.27. The number of aryl methyl sites for hydroxylation is 1. The molecule has 1 atom stereocenters. The molecule has 0 aliphatic heterocycles. The number of rotatable bonds is 5. The van der Waals surface area contributed by atoms with Gasteiger partial charge in [0.05, 0.1) is 11.6 Å². The zero-order valence-electron chi connectivity index (χ0n) is 12.1. The maximum absolute atomic E-state index is 11.1. The third-order valence-electron chi connectivity index (χ3n) is 3.47. The normalized spacial score (nSPS) is 12.0. The third kappa shape index (κ3) is 3.85. The number of nitrogens with one attached hydrogen (secondary N) is 1. The van der Waals surface area contributed by atoms with Crippen LogP contribution in [0.25, 0.3) is 0 Å². The first-order chi connectivity index (χ1) is 10.0. The van der Waals surface area contributed by atoms with Crippen molar-refractivity contribution in [3.8, 4) is 0 Å². The lowest BCUT2D eigenvalue weighted by atomic mass is 10.0. The molecule has 2 aromatic carbocycles. The van der Waals surface area contributed by atoms with E-state index in [9.17, 15) is 4.79 Å². The highest BCUT2D eigenvalue weighted by atomic mass is 79.9. The molecule has 110 valence electrons. The van der Waals surface area contributed by atoms with E-state index >= 15 is 0 Å². The standard InChI is InChI=1S/C17H18BrNO2/c1-3-15(12-5-4-6-14(18)9-12)19-16-10-13(17(20)21)8-7-11(16)2/h4-10,15,19H,3H2,1-2H3,(H,20,21). The summed E-state index contributed by atoms with van der Waals surface area (Å²) in [7, 11) is 0. The van der Waals surface area contributed by atoms with E-state index in [1.807, 2.05) is 25.1 Å². The highest BCUT2D eigenvalue weighted by Gasteiger charge is 2.12. The van der Waals surface area contributed by atoms with Gasteiger partial charge in [-0.25, -0.2) is 4.79 Å². The Bertz CT molecular complexity index is 655. The molecule has 0 heterocycles. The Hall–Kier alpha value is -1.81. The maximum Gasteiger partial charge on any atom is 0.335 e. The fraction of sp³-hybridized carbons (Fsp3) is 0.235. The SMILES string of the molecule is CCC(Nc1cc(C(=O)O)ccc1C)c1cccc(Br)c1. The van der Waals surface area contributed by atoms with Crippen LogP contribution in [0.4, 0.5) is 5.69 Å². The van der Waals surface area contributed by atoms with Gasteiger partial charge in [0.1, 0.15) is 0 Å². The van der Waals surface area contributed by atoms with Gasteiger partial charge in [-0.15, -0.1) is 0 Å². The number of carboxylic acid groups (broad SMARTS) is 1. The van der Waals surface area contributed by atoms with Crippen molar-refractivity contribution in [1.29, 1.82) is 0 Å². The van der Waals surface area contributed by atoms with E-state index in [2.05, 4.69) is 40.3 Å². The summed E-state index contributed by atoms with van der Waals surface area (Å²) < 4.78 is 1.04. The van der Waals surface area contributed by atoms with Crippen molar-refractivity contribution >= 4 is 27.6 Å². The second kappa shape index (κ2) is 6.76. The number of hydrogen-bond donors (Lipinski definition) is 2. The van der Waals surface area contributed by atoms with E-state index in [1.165, 1.54) is 5.56 Å². The minimum atomic E-state index is -0.909. The Balaban J connectivity index is 2.30.